The standard InChI is InChI=1S/C16H20ClN2O3.2CH2/c17-14-10-6-9-13(15(14)19(21)22)16(20)18-11-12-7-4-2-1-3-5-8-12;;/h6,9-10H,1-5,7-8,11H2,(H,18,20);2*1H2. The van der Waals surface area contributed by atoms with Crippen LogP contribution in [0, 0.1) is 30.9 Å². The highest BCUT2D eigenvalue weighted by Crippen LogP contribution is 2.28. The summed E-state index contributed by atoms with van der Waals surface area (Å²) in [6.07, 6.45) is 8.11. The Bertz CT molecular complexity index is 541. The van der Waals surface area contributed by atoms with E-state index >= 15 is 0 Å². The number of nitrogens with one attached hydrogen (secondary N) is 1. The van der Waals surface area contributed by atoms with E-state index in [9.17, 15) is 14.9 Å². The Labute approximate surface area is 149 Å². The third kappa shape index (κ3) is 6.11. The van der Waals surface area contributed by atoms with Crippen LogP contribution in [-0.2, 0) is 0 Å². The number of benzene rings is 1. The summed E-state index contributed by atoms with van der Waals surface area (Å²) in [6.45, 7) is 0.489. The number of rotatable bonds is 4. The molecule has 0 atom stereocenters. The summed E-state index contributed by atoms with van der Waals surface area (Å²) in [5.74, 6) is 0.876. The van der Waals surface area contributed by atoms with E-state index in [1.54, 1.807) is 6.07 Å². The summed E-state index contributed by atoms with van der Waals surface area (Å²) in [5.41, 5.74) is -0.312. The van der Waals surface area contributed by atoms with Crippen molar-refractivity contribution in [2.24, 2.45) is 0 Å². The molecule has 0 bridgehead atoms. The van der Waals surface area contributed by atoms with E-state index in [0.29, 0.717) is 6.54 Å². The minimum atomic E-state index is -0.611. The van der Waals surface area contributed by atoms with Gasteiger partial charge in [-0.1, -0.05) is 64.6 Å². The molecule has 1 aromatic rings. The molecule has 5 nitrogen and oxygen atoms in total. The van der Waals surface area contributed by atoms with Gasteiger partial charge in [0.2, 0.25) is 0 Å². The van der Waals surface area contributed by atoms with E-state index in [1.807, 2.05) is 0 Å². The van der Waals surface area contributed by atoms with Gasteiger partial charge in [0.15, 0.2) is 0 Å². The predicted molar refractivity (Wildman–Crippen MR) is 96.7 cm³/mol. The molecule has 0 aliphatic heterocycles. The zero-order chi connectivity index (χ0) is 15.9. The van der Waals surface area contributed by atoms with Gasteiger partial charge in [-0.2, -0.15) is 0 Å². The van der Waals surface area contributed by atoms with E-state index in [4.69, 9.17) is 11.6 Å². The molecule has 1 amide bonds. The topological polar surface area (TPSA) is 72.2 Å². The molecule has 24 heavy (non-hydrogen) atoms. The van der Waals surface area contributed by atoms with Crippen molar-refractivity contribution in [2.75, 3.05) is 6.54 Å². The number of halogens is 1. The molecule has 131 valence electrons. The molecule has 6 heteroatoms. The van der Waals surface area contributed by atoms with Gasteiger partial charge in [-0.25, -0.2) is 0 Å². The van der Waals surface area contributed by atoms with Crippen LogP contribution in [0.2, 0.25) is 5.02 Å². The molecule has 0 saturated heterocycles. The lowest BCUT2D eigenvalue weighted by atomic mass is 9.91. The van der Waals surface area contributed by atoms with Gasteiger partial charge in [0.1, 0.15) is 10.6 Å². The Morgan fingerprint density at radius 3 is 2.29 bits per heavy atom. The molecule has 1 aliphatic carbocycles. The number of nitro benzene ring substituents is 1. The molecule has 1 aromatic carbocycles. The van der Waals surface area contributed by atoms with Gasteiger partial charge in [0.25, 0.3) is 5.91 Å². The van der Waals surface area contributed by atoms with E-state index < -0.39 is 10.8 Å². The van der Waals surface area contributed by atoms with Crippen molar-refractivity contribution >= 4 is 23.2 Å². The van der Waals surface area contributed by atoms with Gasteiger partial charge in [-0.3, -0.25) is 14.9 Å². The fourth-order valence-electron chi connectivity index (χ4n) is 2.77. The summed E-state index contributed by atoms with van der Waals surface area (Å²) in [6, 6.07) is 4.40. The van der Waals surface area contributed by atoms with Crippen LogP contribution in [0.4, 0.5) is 5.69 Å². The van der Waals surface area contributed by atoms with Crippen LogP contribution in [0.15, 0.2) is 18.2 Å². The predicted octanol–water partition coefficient (Wildman–Crippen LogP) is 4.95. The number of para-hydroxylation sites is 1. The lowest BCUT2D eigenvalue weighted by Gasteiger charge is -2.19. The maximum absolute atomic E-state index is 12.2. The average molecular weight is 352 g/mol. The second-order valence-electron chi connectivity index (χ2n) is 5.59. The van der Waals surface area contributed by atoms with E-state index in [0.717, 1.165) is 25.7 Å². The van der Waals surface area contributed by atoms with Crippen molar-refractivity contribution in [3.8, 4) is 0 Å². The summed E-state index contributed by atoms with van der Waals surface area (Å²) in [4.78, 5) is 22.7. The van der Waals surface area contributed by atoms with E-state index in [-0.39, 0.29) is 31.1 Å². The fraction of sp³-hybridized carbons (Fsp3) is 0.444. The molecular weight excluding hydrogens is 328 g/mol. The van der Waals surface area contributed by atoms with Crippen LogP contribution in [0.3, 0.4) is 0 Å². The number of nitro groups is 1. The maximum atomic E-state index is 12.2. The van der Waals surface area contributed by atoms with Crippen molar-refractivity contribution in [2.45, 2.75) is 44.9 Å². The molecule has 1 aliphatic rings. The number of hydrogen-bond acceptors (Lipinski definition) is 3. The summed E-state index contributed by atoms with van der Waals surface area (Å²) in [7, 11) is 0. The molecule has 1 saturated carbocycles. The lowest BCUT2D eigenvalue weighted by Crippen LogP contribution is -2.29. The molecule has 0 aromatic heterocycles. The molecular formula is C18H24ClN2O3. The minimum absolute atomic E-state index is 0. The minimum Gasteiger partial charge on any atom is -0.351 e. The number of carbonyl (C=O) groups excluding carboxylic acids is 1. The maximum Gasteiger partial charge on any atom is 0.300 e. The van der Waals surface area contributed by atoms with E-state index in [2.05, 4.69) is 5.32 Å². The Hall–Kier alpha value is -1.62. The third-order valence-electron chi connectivity index (χ3n) is 3.97. The first-order valence-corrected chi connectivity index (χ1v) is 8.02. The third-order valence-corrected chi connectivity index (χ3v) is 4.28. The largest absolute Gasteiger partial charge is 0.351 e. The molecule has 0 spiro atoms. The normalized spacial score (nSPS) is 15.2. The van der Waals surface area contributed by atoms with Crippen molar-refractivity contribution in [1.29, 1.82) is 0 Å². The summed E-state index contributed by atoms with van der Waals surface area (Å²) >= 11 is 5.83. The number of carbonyl (C=O) groups is 1. The monoisotopic (exact) mass is 351 g/mol. The van der Waals surface area contributed by atoms with Crippen molar-refractivity contribution in [1.82, 2.24) is 5.32 Å². The van der Waals surface area contributed by atoms with Gasteiger partial charge in [-0.05, 0) is 30.9 Å². The second-order valence-corrected chi connectivity index (χ2v) is 6.00. The van der Waals surface area contributed by atoms with Crippen LogP contribution >= 0.6 is 11.6 Å². The molecule has 0 heterocycles. The number of hydrogen-bond donors (Lipinski definition) is 1. The highest BCUT2D eigenvalue weighted by molar-refractivity contribution is 6.33. The van der Waals surface area contributed by atoms with Crippen LogP contribution in [0.1, 0.15) is 55.3 Å². The first-order valence-electron chi connectivity index (χ1n) is 7.64. The summed E-state index contributed by atoms with van der Waals surface area (Å²) < 4.78 is 0. The van der Waals surface area contributed by atoms with Gasteiger partial charge in [0.05, 0.1) is 4.92 Å². The van der Waals surface area contributed by atoms with Gasteiger partial charge < -0.3 is 5.32 Å². The zero-order valence-electron chi connectivity index (χ0n) is 13.9. The van der Waals surface area contributed by atoms with Crippen LogP contribution in [0.5, 0.6) is 0 Å². The van der Waals surface area contributed by atoms with Gasteiger partial charge >= 0.3 is 5.69 Å². The first kappa shape index (κ1) is 22.4. The Balaban J connectivity index is 0.00000264. The fourth-order valence-corrected chi connectivity index (χ4v) is 3.01. The molecule has 2 rings (SSSR count). The lowest BCUT2D eigenvalue weighted by molar-refractivity contribution is -0.385. The average Bonchev–Trinajstić information content (AvgIpc) is 2.45. The Morgan fingerprint density at radius 1 is 1.12 bits per heavy atom. The number of nitrogens with zero attached hydrogens (tertiary/aromatic N) is 1. The summed E-state index contributed by atoms with van der Waals surface area (Å²) in [5, 5.41) is 13.9. The van der Waals surface area contributed by atoms with Crippen molar-refractivity contribution in [3.63, 3.8) is 0 Å². The smallest absolute Gasteiger partial charge is 0.300 e. The number of amides is 1. The van der Waals surface area contributed by atoms with Crippen LogP contribution in [0.25, 0.3) is 0 Å². The Morgan fingerprint density at radius 2 is 1.71 bits per heavy atom. The van der Waals surface area contributed by atoms with Crippen molar-refractivity contribution < 1.29 is 9.72 Å². The van der Waals surface area contributed by atoms with Crippen LogP contribution in [-0.4, -0.2) is 17.4 Å². The highest BCUT2D eigenvalue weighted by atomic mass is 35.5. The SMILES string of the molecule is O=C(NC[C]1CCCCCCC1)c1cccc(Cl)c1[N+](=O)[O-].[CH2].[CH2]. The van der Waals surface area contributed by atoms with E-state index in [1.165, 1.54) is 37.3 Å². The molecule has 1 fully saturated rings. The Kier molecular flexibility index (Phi) is 10.3. The molecule has 0 unspecified atom stereocenters. The second kappa shape index (κ2) is 11.0. The first-order chi connectivity index (χ1) is 10.6. The van der Waals surface area contributed by atoms with Gasteiger partial charge in [-0.15, -0.1) is 0 Å². The van der Waals surface area contributed by atoms with Crippen LogP contribution < -0.4 is 5.32 Å². The molecule has 1 N–H and O–H groups in total. The molecule has 5 radical (unpaired) electrons. The highest BCUT2D eigenvalue weighted by Gasteiger charge is 2.24. The van der Waals surface area contributed by atoms with Crippen molar-refractivity contribution in [3.05, 3.63) is 59.7 Å². The van der Waals surface area contributed by atoms with Gasteiger partial charge in [0, 0.05) is 6.54 Å². The zero-order valence-corrected chi connectivity index (χ0v) is 14.6. The quantitative estimate of drug-likeness (QED) is 0.616.